The number of aryl methyl sites for hydroxylation is 1. The van der Waals surface area contributed by atoms with E-state index in [2.05, 4.69) is 52.1 Å². The van der Waals surface area contributed by atoms with Crippen molar-refractivity contribution < 1.29 is 0 Å². The highest BCUT2D eigenvalue weighted by Gasteiger charge is 2.11. The Morgan fingerprint density at radius 3 is 2.72 bits per heavy atom. The average molecular weight is 305 g/mol. The number of benzene rings is 1. The van der Waals surface area contributed by atoms with Crippen LogP contribution in [0.2, 0.25) is 0 Å². The molecular formula is C15H17BrN2. The lowest BCUT2D eigenvalue weighted by Gasteiger charge is -2.15. The van der Waals surface area contributed by atoms with Crippen LogP contribution in [0.4, 0.5) is 0 Å². The molecule has 18 heavy (non-hydrogen) atoms. The molecule has 1 aromatic carbocycles. The summed E-state index contributed by atoms with van der Waals surface area (Å²) in [5.41, 5.74) is 9.54. The van der Waals surface area contributed by atoms with Gasteiger partial charge in [0.15, 0.2) is 0 Å². The standard InChI is InChI=1S/C15H17BrN2/c1-11-3-2-4-12(7-11)13(9-17)8-15-6-5-14(16)10-18-15/h2-7,10,13H,8-9,17H2,1H3. The highest BCUT2D eigenvalue weighted by molar-refractivity contribution is 9.10. The van der Waals surface area contributed by atoms with Gasteiger partial charge < -0.3 is 5.73 Å². The Morgan fingerprint density at radius 2 is 2.11 bits per heavy atom. The van der Waals surface area contributed by atoms with E-state index in [0.717, 1.165) is 16.6 Å². The summed E-state index contributed by atoms with van der Waals surface area (Å²) in [4.78, 5) is 4.41. The zero-order chi connectivity index (χ0) is 13.0. The van der Waals surface area contributed by atoms with Crippen molar-refractivity contribution in [3.63, 3.8) is 0 Å². The van der Waals surface area contributed by atoms with E-state index in [0.29, 0.717) is 12.5 Å². The van der Waals surface area contributed by atoms with E-state index in [1.807, 2.05) is 18.3 Å². The quantitative estimate of drug-likeness (QED) is 0.940. The van der Waals surface area contributed by atoms with Crippen molar-refractivity contribution in [1.29, 1.82) is 0 Å². The summed E-state index contributed by atoms with van der Waals surface area (Å²) in [6, 6.07) is 12.6. The molecule has 0 aliphatic carbocycles. The maximum Gasteiger partial charge on any atom is 0.0413 e. The molecule has 1 aromatic heterocycles. The van der Waals surface area contributed by atoms with Gasteiger partial charge in [0.1, 0.15) is 0 Å². The van der Waals surface area contributed by atoms with E-state index in [-0.39, 0.29) is 0 Å². The van der Waals surface area contributed by atoms with Gasteiger partial charge in [-0.3, -0.25) is 4.98 Å². The molecule has 0 spiro atoms. The second kappa shape index (κ2) is 6.12. The van der Waals surface area contributed by atoms with Crippen LogP contribution < -0.4 is 5.73 Å². The minimum atomic E-state index is 0.332. The van der Waals surface area contributed by atoms with Gasteiger partial charge in [-0.25, -0.2) is 0 Å². The second-order valence-electron chi connectivity index (χ2n) is 4.52. The van der Waals surface area contributed by atoms with Crippen molar-refractivity contribution >= 4 is 15.9 Å². The van der Waals surface area contributed by atoms with Crippen molar-refractivity contribution in [1.82, 2.24) is 4.98 Å². The van der Waals surface area contributed by atoms with Crippen LogP contribution in [0.15, 0.2) is 47.1 Å². The Hall–Kier alpha value is -1.19. The molecule has 0 saturated carbocycles. The maximum absolute atomic E-state index is 5.90. The molecule has 1 unspecified atom stereocenters. The molecule has 2 nitrogen and oxygen atoms in total. The number of nitrogens with zero attached hydrogens (tertiary/aromatic N) is 1. The van der Waals surface area contributed by atoms with Crippen molar-refractivity contribution in [3.05, 3.63) is 63.9 Å². The summed E-state index contributed by atoms with van der Waals surface area (Å²) in [6.07, 6.45) is 2.71. The van der Waals surface area contributed by atoms with E-state index >= 15 is 0 Å². The molecule has 2 aromatic rings. The Labute approximate surface area is 116 Å². The number of halogens is 1. The van der Waals surface area contributed by atoms with Crippen LogP contribution in [0.25, 0.3) is 0 Å². The number of pyridine rings is 1. The first-order valence-electron chi connectivity index (χ1n) is 6.06. The summed E-state index contributed by atoms with van der Waals surface area (Å²) < 4.78 is 1.01. The smallest absolute Gasteiger partial charge is 0.0413 e. The number of hydrogen-bond acceptors (Lipinski definition) is 2. The van der Waals surface area contributed by atoms with E-state index in [9.17, 15) is 0 Å². The number of rotatable bonds is 4. The molecular weight excluding hydrogens is 288 g/mol. The van der Waals surface area contributed by atoms with Gasteiger partial charge in [0, 0.05) is 22.3 Å². The lowest BCUT2D eigenvalue weighted by atomic mass is 9.93. The first-order valence-corrected chi connectivity index (χ1v) is 6.85. The largest absolute Gasteiger partial charge is 0.330 e. The molecule has 0 amide bonds. The van der Waals surface area contributed by atoms with Crippen molar-refractivity contribution in [2.75, 3.05) is 6.54 Å². The monoisotopic (exact) mass is 304 g/mol. The normalized spacial score (nSPS) is 12.4. The summed E-state index contributed by atoms with van der Waals surface area (Å²) in [6.45, 7) is 2.75. The fourth-order valence-corrected chi connectivity index (χ4v) is 2.28. The highest BCUT2D eigenvalue weighted by Crippen LogP contribution is 2.20. The molecule has 0 fully saturated rings. The lowest BCUT2D eigenvalue weighted by Crippen LogP contribution is -2.15. The molecule has 0 aliphatic rings. The zero-order valence-corrected chi connectivity index (χ0v) is 12.0. The fraction of sp³-hybridized carbons (Fsp3) is 0.267. The van der Waals surface area contributed by atoms with Crippen LogP contribution in [-0.4, -0.2) is 11.5 Å². The maximum atomic E-state index is 5.90. The Morgan fingerprint density at radius 1 is 1.28 bits per heavy atom. The van der Waals surface area contributed by atoms with Crippen LogP contribution in [0.5, 0.6) is 0 Å². The van der Waals surface area contributed by atoms with Gasteiger partial charge >= 0.3 is 0 Å². The third-order valence-corrected chi connectivity index (χ3v) is 3.51. The molecule has 0 saturated heterocycles. The van der Waals surface area contributed by atoms with Crippen LogP contribution >= 0.6 is 15.9 Å². The predicted molar refractivity (Wildman–Crippen MR) is 78.6 cm³/mol. The van der Waals surface area contributed by atoms with Gasteiger partial charge in [0.2, 0.25) is 0 Å². The van der Waals surface area contributed by atoms with E-state index in [4.69, 9.17) is 5.73 Å². The van der Waals surface area contributed by atoms with Crippen LogP contribution in [0.3, 0.4) is 0 Å². The van der Waals surface area contributed by atoms with Crippen molar-refractivity contribution in [2.45, 2.75) is 19.3 Å². The molecule has 3 heteroatoms. The van der Waals surface area contributed by atoms with Crippen molar-refractivity contribution in [2.24, 2.45) is 5.73 Å². The number of aromatic nitrogens is 1. The van der Waals surface area contributed by atoms with Crippen LogP contribution in [-0.2, 0) is 6.42 Å². The molecule has 1 heterocycles. The third kappa shape index (κ3) is 3.40. The topological polar surface area (TPSA) is 38.9 Å². The van der Waals surface area contributed by atoms with Gasteiger partial charge in [0.25, 0.3) is 0 Å². The zero-order valence-electron chi connectivity index (χ0n) is 10.4. The summed E-state index contributed by atoms with van der Waals surface area (Å²) in [5.74, 6) is 0.332. The predicted octanol–water partition coefficient (Wildman–Crippen LogP) is 3.44. The Kier molecular flexibility index (Phi) is 4.50. The molecule has 94 valence electrons. The third-order valence-electron chi connectivity index (χ3n) is 3.04. The average Bonchev–Trinajstić information content (AvgIpc) is 2.38. The SMILES string of the molecule is Cc1cccc(C(CN)Cc2ccc(Br)cn2)c1. The van der Waals surface area contributed by atoms with E-state index < -0.39 is 0 Å². The molecule has 0 aliphatic heterocycles. The molecule has 1 atom stereocenters. The summed E-state index contributed by atoms with van der Waals surface area (Å²) in [7, 11) is 0. The summed E-state index contributed by atoms with van der Waals surface area (Å²) >= 11 is 3.40. The fourth-order valence-electron chi connectivity index (χ4n) is 2.04. The van der Waals surface area contributed by atoms with Gasteiger partial charge in [-0.15, -0.1) is 0 Å². The van der Waals surface area contributed by atoms with Gasteiger partial charge in [-0.05, 0) is 53.5 Å². The molecule has 0 bridgehead atoms. The first-order chi connectivity index (χ1) is 8.69. The van der Waals surface area contributed by atoms with E-state index in [1.54, 1.807) is 0 Å². The minimum absolute atomic E-state index is 0.332. The molecule has 0 radical (unpaired) electrons. The van der Waals surface area contributed by atoms with Crippen LogP contribution in [0.1, 0.15) is 22.7 Å². The summed E-state index contributed by atoms with van der Waals surface area (Å²) in [5, 5.41) is 0. The second-order valence-corrected chi connectivity index (χ2v) is 5.43. The van der Waals surface area contributed by atoms with Crippen LogP contribution in [0, 0.1) is 6.92 Å². The van der Waals surface area contributed by atoms with E-state index in [1.165, 1.54) is 11.1 Å². The van der Waals surface area contributed by atoms with Crippen molar-refractivity contribution in [3.8, 4) is 0 Å². The first kappa shape index (κ1) is 13.2. The number of hydrogen-bond donors (Lipinski definition) is 1. The lowest BCUT2D eigenvalue weighted by molar-refractivity contribution is 0.681. The van der Waals surface area contributed by atoms with Gasteiger partial charge in [-0.2, -0.15) is 0 Å². The van der Waals surface area contributed by atoms with Gasteiger partial charge in [0.05, 0.1) is 0 Å². The Bertz CT molecular complexity index is 508. The molecule has 2 rings (SSSR count). The Balaban J connectivity index is 2.17. The minimum Gasteiger partial charge on any atom is -0.330 e. The number of nitrogens with two attached hydrogens (primary N) is 1. The molecule has 2 N–H and O–H groups in total. The van der Waals surface area contributed by atoms with Gasteiger partial charge in [-0.1, -0.05) is 29.8 Å². The highest BCUT2D eigenvalue weighted by atomic mass is 79.9.